The van der Waals surface area contributed by atoms with Gasteiger partial charge >= 0.3 is 0 Å². The largest absolute Gasteiger partial charge is 0.310 e. The lowest BCUT2D eigenvalue weighted by Crippen LogP contribution is -2.11. The Labute approximate surface area is 354 Å². The molecule has 4 heteroatoms. The fraction of sp³-hybridized carbons (Fsp3) is 0. The van der Waals surface area contributed by atoms with Gasteiger partial charge in [0, 0.05) is 49.8 Å². The van der Waals surface area contributed by atoms with E-state index in [4.69, 9.17) is 15.0 Å². The fourth-order valence-corrected chi connectivity index (χ4v) is 8.50. The van der Waals surface area contributed by atoms with Crippen LogP contribution in [-0.4, -0.2) is 15.0 Å². The van der Waals surface area contributed by atoms with E-state index >= 15 is 0 Å². The van der Waals surface area contributed by atoms with Crippen molar-refractivity contribution in [3.8, 4) is 56.3 Å². The maximum atomic E-state index is 5.50. The van der Waals surface area contributed by atoms with Gasteiger partial charge in [0.05, 0.1) is 28.3 Å². The number of anilines is 3. The zero-order valence-corrected chi connectivity index (χ0v) is 33.2. The number of nitrogens with zero attached hydrogens (tertiary/aromatic N) is 4. The summed E-state index contributed by atoms with van der Waals surface area (Å²) in [6.45, 7) is 0. The van der Waals surface area contributed by atoms with E-state index in [1.807, 2.05) is 12.1 Å². The Morgan fingerprint density at radius 2 is 0.770 bits per heavy atom. The van der Waals surface area contributed by atoms with Crippen LogP contribution in [0.5, 0.6) is 0 Å². The van der Waals surface area contributed by atoms with Crippen molar-refractivity contribution < 1.29 is 0 Å². The second-order valence-corrected chi connectivity index (χ2v) is 15.2. The molecule has 0 fully saturated rings. The Hall–Kier alpha value is -8.21. The lowest BCUT2D eigenvalue weighted by Gasteiger charge is -2.28. The lowest BCUT2D eigenvalue weighted by atomic mass is 9.92. The molecule has 0 aliphatic carbocycles. The van der Waals surface area contributed by atoms with Crippen LogP contribution in [0.4, 0.5) is 17.1 Å². The van der Waals surface area contributed by atoms with Crippen molar-refractivity contribution in [3.05, 3.63) is 231 Å². The third-order valence-electron chi connectivity index (χ3n) is 11.4. The van der Waals surface area contributed by atoms with Crippen LogP contribution < -0.4 is 4.90 Å². The van der Waals surface area contributed by atoms with Gasteiger partial charge in [-0.3, -0.25) is 0 Å². The topological polar surface area (TPSA) is 41.9 Å². The van der Waals surface area contributed by atoms with Gasteiger partial charge in [-0.1, -0.05) is 188 Å². The highest BCUT2D eigenvalue weighted by Gasteiger charge is 2.23. The number of fused-ring (bicyclic) bond motifs is 5. The summed E-state index contributed by atoms with van der Waals surface area (Å²) in [7, 11) is 0. The predicted octanol–water partition coefficient (Wildman–Crippen LogP) is 15.1. The molecule has 0 spiro atoms. The maximum Gasteiger partial charge on any atom is 0.160 e. The van der Waals surface area contributed by atoms with Crippen LogP contribution in [0.2, 0.25) is 0 Å². The molecule has 0 unspecified atom stereocenters. The van der Waals surface area contributed by atoms with Crippen LogP contribution in [0, 0.1) is 0 Å². The van der Waals surface area contributed by atoms with E-state index in [0.29, 0.717) is 5.82 Å². The van der Waals surface area contributed by atoms with E-state index in [-0.39, 0.29) is 0 Å². The number of aromatic nitrogens is 3. The molecular formula is C57H38N4. The number of rotatable bonds is 8. The Bertz CT molecular complexity index is 3260. The quantitative estimate of drug-likeness (QED) is 0.144. The molecule has 0 aliphatic rings. The van der Waals surface area contributed by atoms with Crippen molar-refractivity contribution in [2.24, 2.45) is 0 Å². The van der Waals surface area contributed by atoms with Gasteiger partial charge in [-0.15, -0.1) is 0 Å². The molecule has 0 saturated carbocycles. The minimum absolute atomic E-state index is 0.681. The van der Waals surface area contributed by atoms with E-state index in [0.717, 1.165) is 78.3 Å². The van der Waals surface area contributed by atoms with E-state index in [1.54, 1.807) is 0 Å². The average molecular weight is 779 g/mol. The van der Waals surface area contributed by atoms with Gasteiger partial charge in [-0.05, 0) is 64.4 Å². The van der Waals surface area contributed by atoms with Gasteiger partial charge in [-0.25, -0.2) is 15.0 Å². The Morgan fingerprint density at radius 3 is 1.41 bits per heavy atom. The summed E-state index contributed by atoms with van der Waals surface area (Å²) in [6, 6.07) is 80.9. The molecule has 0 bridgehead atoms. The molecule has 286 valence electrons. The molecule has 11 rings (SSSR count). The molecule has 0 atom stereocenters. The fourth-order valence-electron chi connectivity index (χ4n) is 8.50. The van der Waals surface area contributed by atoms with E-state index in [1.165, 1.54) is 21.7 Å². The third-order valence-corrected chi connectivity index (χ3v) is 11.4. The van der Waals surface area contributed by atoms with E-state index in [2.05, 4.69) is 223 Å². The molecule has 2 aromatic heterocycles. The minimum atomic E-state index is 0.681. The highest BCUT2D eigenvalue weighted by atomic mass is 15.1. The van der Waals surface area contributed by atoms with Gasteiger partial charge in [-0.2, -0.15) is 0 Å². The monoisotopic (exact) mass is 778 g/mol. The second kappa shape index (κ2) is 15.5. The van der Waals surface area contributed by atoms with Gasteiger partial charge in [0.15, 0.2) is 5.82 Å². The third kappa shape index (κ3) is 6.76. The van der Waals surface area contributed by atoms with Crippen LogP contribution in [0.3, 0.4) is 0 Å². The van der Waals surface area contributed by atoms with Crippen molar-refractivity contribution >= 4 is 49.5 Å². The number of hydrogen-bond donors (Lipinski definition) is 0. The first kappa shape index (κ1) is 35.9. The van der Waals surface area contributed by atoms with Crippen LogP contribution in [0.1, 0.15) is 0 Å². The van der Waals surface area contributed by atoms with Crippen molar-refractivity contribution in [1.82, 2.24) is 15.0 Å². The molecule has 11 aromatic rings. The zero-order valence-electron chi connectivity index (χ0n) is 33.2. The number of para-hydroxylation sites is 3. The summed E-state index contributed by atoms with van der Waals surface area (Å²) in [4.78, 5) is 18.2. The first-order chi connectivity index (χ1) is 30.2. The smallest absolute Gasteiger partial charge is 0.160 e. The molecule has 0 amide bonds. The minimum Gasteiger partial charge on any atom is -0.310 e. The summed E-state index contributed by atoms with van der Waals surface area (Å²) in [5.74, 6) is 0.681. The van der Waals surface area contributed by atoms with E-state index in [9.17, 15) is 0 Å². The molecular weight excluding hydrogens is 741 g/mol. The first-order valence-electron chi connectivity index (χ1n) is 20.6. The van der Waals surface area contributed by atoms with E-state index < -0.39 is 0 Å². The molecule has 0 radical (unpaired) electrons. The van der Waals surface area contributed by atoms with Crippen LogP contribution in [0.25, 0.3) is 88.7 Å². The van der Waals surface area contributed by atoms with Crippen molar-refractivity contribution in [2.45, 2.75) is 0 Å². The average Bonchev–Trinajstić information content (AvgIpc) is 3.35. The Morgan fingerprint density at radius 1 is 0.311 bits per heavy atom. The van der Waals surface area contributed by atoms with Crippen molar-refractivity contribution in [1.29, 1.82) is 0 Å². The normalized spacial score (nSPS) is 11.3. The highest BCUT2D eigenvalue weighted by molar-refractivity contribution is 6.27. The van der Waals surface area contributed by atoms with Gasteiger partial charge in [0.25, 0.3) is 0 Å². The molecule has 4 nitrogen and oxygen atoms in total. The molecule has 0 N–H and O–H groups in total. The molecule has 2 heterocycles. The van der Waals surface area contributed by atoms with Crippen molar-refractivity contribution in [2.75, 3.05) is 4.90 Å². The molecule has 0 saturated heterocycles. The van der Waals surface area contributed by atoms with Gasteiger partial charge in [0.2, 0.25) is 0 Å². The second-order valence-electron chi connectivity index (χ2n) is 15.2. The van der Waals surface area contributed by atoms with Gasteiger partial charge < -0.3 is 4.90 Å². The summed E-state index contributed by atoms with van der Waals surface area (Å²) in [5.41, 5.74) is 13.2. The SMILES string of the molecule is c1ccc(-c2ccc(-c3nc(-c4ccccc4)cc(-c4ccc(-c5nc6ccccc6c6c5c(N(c5ccccc5)c5ccccc5)cc5ccccc56)cc4)n3)cc2)cc1. The number of hydrogen-bond acceptors (Lipinski definition) is 4. The molecule has 0 aliphatic heterocycles. The number of pyridine rings is 1. The molecule has 9 aromatic carbocycles. The van der Waals surface area contributed by atoms with Crippen LogP contribution in [-0.2, 0) is 0 Å². The van der Waals surface area contributed by atoms with Gasteiger partial charge in [0.1, 0.15) is 0 Å². The molecule has 61 heavy (non-hydrogen) atoms. The van der Waals surface area contributed by atoms with Crippen molar-refractivity contribution in [3.63, 3.8) is 0 Å². The first-order valence-corrected chi connectivity index (χ1v) is 20.6. The standard InChI is InChI=1S/C57H38N4/c1-5-17-39(18-6-1)40-29-35-44(36-30-40)57-59-51(41-19-7-2-8-20-41)38-52(60-57)42-31-33-43(34-32-42)56-55-53(61(46-22-9-3-10-23-46)47-24-11-4-12-25-47)37-45-21-13-14-26-48(45)54(55)49-27-15-16-28-50(49)58-56/h1-38H. The lowest BCUT2D eigenvalue weighted by molar-refractivity contribution is 1.18. The van der Waals surface area contributed by atoms with Crippen LogP contribution in [0.15, 0.2) is 231 Å². The predicted molar refractivity (Wildman–Crippen MR) is 254 cm³/mol. The summed E-state index contributed by atoms with van der Waals surface area (Å²) < 4.78 is 0. The highest BCUT2D eigenvalue weighted by Crippen LogP contribution is 2.47. The number of benzene rings is 9. The Kier molecular flexibility index (Phi) is 9.14. The van der Waals surface area contributed by atoms with Crippen LogP contribution >= 0.6 is 0 Å². The Balaban J connectivity index is 1.10. The summed E-state index contributed by atoms with van der Waals surface area (Å²) in [6.07, 6.45) is 0. The summed E-state index contributed by atoms with van der Waals surface area (Å²) in [5, 5.41) is 5.75. The zero-order chi connectivity index (χ0) is 40.5. The maximum absolute atomic E-state index is 5.50. The summed E-state index contributed by atoms with van der Waals surface area (Å²) >= 11 is 0.